The van der Waals surface area contributed by atoms with E-state index in [4.69, 9.17) is 23.2 Å². The Kier molecular flexibility index (Phi) is 6.19. The summed E-state index contributed by atoms with van der Waals surface area (Å²) in [6, 6.07) is 4.24. The van der Waals surface area contributed by atoms with Crippen LogP contribution in [0, 0.1) is 5.92 Å². The molecule has 0 aliphatic carbocycles. The van der Waals surface area contributed by atoms with E-state index in [1.807, 2.05) is 0 Å². The molecule has 2 rings (SSSR count). The number of phenols is 2. The van der Waals surface area contributed by atoms with Gasteiger partial charge in [0, 0.05) is 5.56 Å². The second-order valence-corrected chi connectivity index (χ2v) is 6.82. The summed E-state index contributed by atoms with van der Waals surface area (Å²) < 4.78 is 0. The van der Waals surface area contributed by atoms with E-state index < -0.39 is 5.78 Å². The van der Waals surface area contributed by atoms with Crippen molar-refractivity contribution in [1.82, 2.24) is 4.98 Å². The second-order valence-electron chi connectivity index (χ2n) is 6.04. The van der Waals surface area contributed by atoms with Crippen LogP contribution < -0.4 is 0 Å². The van der Waals surface area contributed by atoms with Crippen LogP contribution in [-0.4, -0.2) is 21.0 Å². The first-order valence-corrected chi connectivity index (χ1v) is 8.73. The van der Waals surface area contributed by atoms with Crippen LogP contribution in [0.15, 0.2) is 18.2 Å². The summed E-state index contributed by atoms with van der Waals surface area (Å²) in [5.74, 6) is -0.0338. The lowest BCUT2D eigenvalue weighted by molar-refractivity contribution is 0.103. The number of carbonyl (C=O) groups is 1. The molecule has 130 valence electrons. The third-order valence-electron chi connectivity index (χ3n) is 4.29. The van der Waals surface area contributed by atoms with Crippen LogP contribution in [0.25, 0.3) is 0 Å². The van der Waals surface area contributed by atoms with Crippen molar-refractivity contribution in [2.45, 2.75) is 39.5 Å². The van der Waals surface area contributed by atoms with Gasteiger partial charge in [0.1, 0.15) is 16.7 Å². The third-order valence-corrected chi connectivity index (χ3v) is 4.99. The first-order valence-electron chi connectivity index (χ1n) is 7.97. The fourth-order valence-corrected chi connectivity index (χ4v) is 2.87. The number of aromatic nitrogens is 1. The van der Waals surface area contributed by atoms with Gasteiger partial charge in [0.15, 0.2) is 0 Å². The van der Waals surface area contributed by atoms with Gasteiger partial charge in [0.25, 0.3) is 0 Å². The Hall–Kier alpha value is -1.65. The number of carbonyl (C=O) groups excluding carboxylic acids is 1. The van der Waals surface area contributed by atoms with Gasteiger partial charge in [-0.2, -0.15) is 0 Å². The molecule has 1 atom stereocenters. The zero-order chi connectivity index (χ0) is 17.9. The number of aromatic hydroxyl groups is 2. The van der Waals surface area contributed by atoms with Gasteiger partial charge in [-0.15, -0.1) is 0 Å². The molecule has 0 radical (unpaired) electrons. The molecule has 6 heteroatoms. The Morgan fingerprint density at radius 2 is 2.00 bits per heavy atom. The summed E-state index contributed by atoms with van der Waals surface area (Å²) in [6.07, 6.45) is 3.42. The van der Waals surface area contributed by atoms with E-state index in [9.17, 15) is 15.0 Å². The molecule has 0 fully saturated rings. The number of benzene rings is 1. The van der Waals surface area contributed by atoms with E-state index in [2.05, 4.69) is 18.8 Å². The topological polar surface area (TPSA) is 73.3 Å². The minimum absolute atomic E-state index is 0.00393. The molecule has 3 N–H and O–H groups in total. The molecule has 0 bridgehead atoms. The van der Waals surface area contributed by atoms with Gasteiger partial charge in [-0.25, -0.2) is 0 Å². The lowest BCUT2D eigenvalue weighted by Gasteiger charge is -2.12. The molecular weight excluding hydrogens is 349 g/mol. The highest BCUT2D eigenvalue weighted by atomic mass is 35.5. The average Bonchev–Trinajstić information content (AvgIpc) is 2.89. The van der Waals surface area contributed by atoms with Crippen molar-refractivity contribution in [3.63, 3.8) is 0 Å². The highest BCUT2D eigenvalue weighted by Gasteiger charge is 2.21. The number of hydrogen-bond acceptors (Lipinski definition) is 3. The maximum Gasteiger partial charge on any atom is 0.212 e. The summed E-state index contributed by atoms with van der Waals surface area (Å²) in [4.78, 5) is 15.2. The smallest absolute Gasteiger partial charge is 0.212 e. The standard InChI is InChI=1S/C18H21Cl2NO3/c1-3-10(2)5-4-6-11-15(22)8-7-12(16(11)23)17(24)14-9-13(19)18(20)21-14/h7-10,21-23H,3-6H2,1-2H3/t10-/m0/s1. The van der Waals surface area contributed by atoms with Crippen molar-refractivity contribution in [3.8, 4) is 11.5 Å². The van der Waals surface area contributed by atoms with E-state index in [1.54, 1.807) is 0 Å². The number of ketones is 1. The van der Waals surface area contributed by atoms with E-state index in [1.165, 1.54) is 18.2 Å². The lowest BCUT2D eigenvalue weighted by Crippen LogP contribution is -2.04. The summed E-state index contributed by atoms with van der Waals surface area (Å²) in [5, 5.41) is 20.9. The lowest BCUT2D eigenvalue weighted by atomic mass is 9.96. The quantitative estimate of drug-likeness (QED) is 0.577. The molecule has 0 saturated heterocycles. The molecule has 24 heavy (non-hydrogen) atoms. The Balaban J connectivity index is 2.25. The van der Waals surface area contributed by atoms with Gasteiger partial charge in [-0.1, -0.05) is 49.9 Å². The van der Waals surface area contributed by atoms with E-state index in [0.29, 0.717) is 17.9 Å². The van der Waals surface area contributed by atoms with Crippen molar-refractivity contribution in [2.75, 3.05) is 0 Å². The van der Waals surface area contributed by atoms with Gasteiger partial charge < -0.3 is 15.2 Å². The Morgan fingerprint density at radius 1 is 1.29 bits per heavy atom. The van der Waals surface area contributed by atoms with Crippen LogP contribution in [0.2, 0.25) is 10.2 Å². The Morgan fingerprint density at radius 3 is 2.58 bits per heavy atom. The van der Waals surface area contributed by atoms with Crippen LogP contribution in [0.1, 0.15) is 54.7 Å². The predicted molar refractivity (Wildman–Crippen MR) is 96.4 cm³/mol. The minimum Gasteiger partial charge on any atom is -0.508 e. The predicted octanol–water partition coefficient (Wildman–Crippen LogP) is 5.33. The van der Waals surface area contributed by atoms with Gasteiger partial charge in [-0.05, 0) is 37.0 Å². The molecule has 1 aromatic heterocycles. The number of nitrogens with one attached hydrogen (secondary N) is 1. The maximum absolute atomic E-state index is 12.5. The van der Waals surface area contributed by atoms with Crippen molar-refractivity contribution in [1.29, 1.82) is 0 Å². The molecular formula is C18H21Cl2NO3. The van der Waals surface area contributed by atoms with Crippen LogP contribution in [0.4, 0.5) is 0 Å². The number of halogens is 2. The van der Waals surface area contributed by atoms with Gasteiger partial charge in [-0.3, -0.25) is 4.79 Å². The van der Waals surface area contributed by atoms with Crippen molar-refractivity contribution < 1.29 is 15.0 Å². The summed E-state index contributed by atoms with van der Waals surface area (Å²) >= 11 is 11.7. The van der Waals surface area contributed by atoms with Crippen molar-refractivity contribution in [3.05, 3.63) is 45.2 Å². The van der Waals surface area contributed by atoms with Crippen LogP contribution in [0.5, 0.6) is 11.5 Å². The number of aromatic amines is 1. The number of rotatable bonds is 7. The van der Waals surface area contributed by atoms with Crippen LogP contribution >= 0.6 is 23.2 Å². The summed E-state index contributed by atoms with van der Waals surface area (Å²) in [5.41, 5.74) is 0.699. The third kappa shape index (κ3) is 4.05. The summed E-state index contributed by atoms with van der Waals surface area (Å²) in [6.45, 7) is 4.30. The minimum atomic E-state index is -0.426. The highest BCUT2D eigenvalue weighted by molar-refractivity contribution is 6.41. The molecule has 0 aliphatic rings. The number of hydrogen-bond donors (Lipinski definition) is 3. The first-order chi connectivity index (χ1) is 11.3. The normalized spacial score (nSPS) is 12.3. The average molecular weight is 370 g/mol. The van der Waals surface area contributed by atoms with Gasteiger partial charge in [0.05, 0.1) is 16.3 Å². The molecule has 0 aliphatic heterocycles. The van der Waals surface area contributed by atoms with Crippen molar-refractivity contribution >= 4 is 29.0 Å². The van der Waals surface area contributed by atoms with Crippen molar-refractivity contribution in [2.24, 2.45) is 5.92 Å². The fourth-order valence-electron chi connectivity index (χ4n) is 2.56. The Labute approximate surface area is 151 Å². The molecule has 0 unspecified atom stereocenters. The molecule has 0 saturated carbocycles. The second kappa shape index (κ2) is 7.95. The fraction of sp³-hybridized carbons (Fsp3) is 0.389. The van der Waals surface area contributed by atoms with E-state index >= 15 is 0 Å². The Bertz CT molecular complexity index is 721. The SMILES string of the molecule is CC[C@H](C)CCCc1c(O)ccc(C(=O)c2cc(Cl)c(Cl)[nH]2)c1O. The van der Waals surface area contributed by atoms with Crippen LogP contribution in [-0.2, 0) is 6.42 Å². The van der Waals surface area contributed by atoms with Crippen LogP contribution in [0.3, 0.4) is 0 Å². The van der Waals surface area contributed by atoms with E-state index in [0.717, 1.165) is 19.3 Å². The maximum atomic E-state index is 12.5. The molecule has 0 amide bonds. The largest absolute Gasteiger partial charge is 0.508 e. The molecule has 2 aromatic rings. The number of H-pyrrole nitrogens is 1. The zero-order valence-electron chi connectivity index (χ0n) is 13.7. The zero-order valence-corrected chi connectivity index (χ0v) is 15.2. The first kappa shape index (κ1) is 18.7. The molecule has 0 spiro atoms. The molecule has 1 aromatic carbocycles. The molecule has 1 heterocycles. The van der Waals surface area contributed by atoms with Gasteiger partial charge in [0.2, 0.25) is 5.78 Å². The summed E-state index contributed by atoms with van der Waals surface area (Å²) in [7, 11) is 0. The number of phenolic OH excluding ortho intramolecular Hbond substituents is 2. The van der Waals surface area contributed by atoms with Gasteiger partial charge >= 0.3 is 0 Å². The molecule has 4 nitrogen and oxygen atoms in total. The monoisotopic (exact) mass is 369 g/mol. The van der Waals surface area contributed by atoms with E-state index in [-0.39, 0.29) is 32.9 Å². The highest BCUT2D eigenvalue weighted by Crippen LogP contribution is 2.34.